The second kappa shape index (κ2) is 3.59. The second-order valence-electron chi connectivity index (χ2n) is 1.78. The van der Waals surface area contributed by atoms with Gasteiger partial charge in [0.2, 0.25) is 3.83 Å². The number of rotatable bonds is 2. The lowest BCUT2D eigenvalue weighted by molar-refractivity contribution is 0.119. The molecular formula is C5H7IN2OS. The number of methoxy groups -OCH3 is 1. The SMILES string of the molecule is COC(C)c1nc(I)ns1. The zero-order chi connectivity index (χ0) is 7.56. The van der Waals surface area contributed by atoms with Gasteiger partial charge >= 0.3 is 0 Å². The Labute approximate surface area is 77.1 Å². The van der Waals surface area contributed by atoms with Crippen LogP contribution in [-0.4, -0.2) is 16.5 Å². The predicted octanol–water partition coefficient (Wildman–Crippen LogP) is 1.85. The fourth-order valence-electron chi connectivity index (χ4n) is 0.482. The molecule has 1 aromatic heterocycles. The van der Waals surface area contributed by atoms with E-state index in [1.165, 1.54) is 11.5 Å². The molecule has 56 valence electrons. The molecule has 0 aliphatic heterocycles. The molecule has 10 heavy (non-hydrogen) atoms. The Balaban J connectivity index is 2.74. The molecule has 0 aliphatic rings. The van der Waals surface area contributed by atoms with Gasteiger partial charge in [0.05, 0.1) is 0 Å². The molecule has 1 heterocycles. The largest absolute Gasteiger partial charge is 0.374 e. The van der Waals surface area contributed by atoms with E-state index in [1.807, 2.05) is 6.92 Å². The van der Waals surface area contributed by atoms with Crippen LogP contribution in [0.4, 0.5) is 0 Å². The normalized spacial score (nSPS) is 13.5. The third-order valence-electron chi connectivity index (χ3n) is 1.12. The molecule has 1 aromatic rings. The smallest absolute Gasteiger partial charge is 0.203 e. The molecule has 0 aromatic carbocycles. The van der Waals surface area contributed by atoms with Crippen molar-refractivity contribution in [1.82, 2.24) is 9.36 Å². The number of aromatic nitrogens is 2. The van der Waals surface area contributed by atoms with Gasteiger partial charge in [-0.25, -0.2) is 4.98 Å². The van der Waals surface area contributed by atoms with Crippen molar-refractivity contribution in [2.45, 2.75) is 13.0 Å². The monoisotopic (exact) mass is 270 g/mol. The maximum Gasteiger partial charge on any atom is 0.203 e. The van der Waals surface area contributed by atoms with Crippen LogP contribution >= 0.6 is 34.1 Å². The molecule has 5 heteroatoms. The molecule has 1 atom stereocenters. The molecule has 0 N–H and O–H groups in total. The highest BCUT2D eigenvalue weighted by molar-refractivity contribution is 14.1. The first kappa shape index (κ1) is 8.35. The predicted molar refractivity (Wildman–Crippen MR) is 48.1 cm³/mol. The van der Waals surface area contributed by atoms with Crippen molar-refractivity contribution in [3.8, 4) is 0 Å². The van der Waals surface area contributed by atoms with Crippen molar-refractivity contribution >= 4 is 34.1 Å². The van der Waals surface area contributed by atoms with Crippen LogP contribution in [0.1, 0.15) is 18.0 Å². The Bertz CT molecular complexity index is 215. The van der Waals surface area contributed by atoms with E-state index in [0.29, 0.717) is 0 Å². The van der Waals surface area contributed by atoms with E-state index in [-0.39, 0.29) is 6.10 Å². The van der Waals surface area contributed by atoms with Gasteiger partial charge < -0.3 is 4.74 Å². The Hall–Kier alpha value is 0.250. The molecule has 0 aliphatic carbocycles. The van der Waals surface area contributed by atoms with Crippen LogP contribution in [0.5, 0.6) is 0 Å². The molecule has 0 bridgehead atoms. The number of hydrogen-bond donors (Lipinski definition) is 0. The summed E-state index contributed by atoms with van der Waals surface area (Å²) in [7, 11) is 1.67. The minimum absolute atomic E-state index is 0.0704. The lowest BCUT2D eigenvalue weighted by atomic mass is 10.4. The summed E-state index contributed by atoms with van der Waals surface area (Å²) in [5.41, 5.74) is 0. The number of ether oxygens (including phenoxy) is 1. The van der Waals surface area contributed by atoms with Crippen molar-refractivity contribution in [1.29, 1.82) is 0 Å². The van der Waals surface area contributed by atoms with E-state index in [4.69, 9.17) is 4.74 Å². The average molecular weight is 270 g/mol. The summed E-state index contributed by atoms with van der Waals surface area (Å²) >= 11 is 3.47. The van der Waals surface area contributed by atoms with E-state index in [2.05, 4.69) is 31.9 Å². The molecule has 0 saturated heterocycles. The van der Waals surface area contributed by atoms with Crippen molar-refractivity contribution < 1.29 is 4.74 Å². The van der Waals surface area contributed by atoms with Crippen LogP contribution in [0, 0.1) is 3.83 Å². The highest BCUT2D eigenvalue weighted by Gasteiger charge is 2.08. The second-order valence-corrected chi connectivity index (χ2v) is 3.53. The molecule has 3 nitrogen and oxygen atoms in total. The molecule has 0 fully saturated rings. The van der Waals surface area contributed by atoms with Crippen molar-refractivity contribution in [3.63, 3.8) is 0 Å². The summed E-state index contributed by atoms with van der Waals surface area (Å²) in [5, 5.41) is 0.937. The molecule has 1 rings (SSSR count). The van der Waals surface area contributed by atoms with Gasteiger partial charge in [0, 0.05) is 29.7 Å². The quantitative estimate of drug-likeness (QED) is 0.769. The van der Waals surface area contributed by atoms with E-state index < -0.39 is 0 Å². The van der Waals surface area contributed by atoms with Crippen LogP contribution < -0.4 is 0 Å². The van der Waals surface area contributed by atoms with Gasteiger partial charge in [-0.15, -0.1) is 0 Å². The van der Waals surface area contributed by atoms with E-state index in [0.717, 1.165) is 8.84 Å². The summed E-state index contributed by atoms with van der Waals surface area (Å²) in [6.45, 7) is 1.95. The van der Waals surface area contributed by atoms with Gasteiger partial charge in [0.1, 0.15) is 11.1 Å². The summed E-state index contributed by atoms with van der Waals surface area (Å²) in [4.78, 5) is 4.15. The molecule has 0 radical (unpaired) electrons. The maximum absolute atomic E-state index is 5.05. The first-order valence-corrected chi connectivity index (χ1v) is 4.61. The third-order valence-corrected chi connectivity index (χ3v) is 2.80. The molecule has 1 unspecified atom stereocenters. The lowest BCUT2D eigenvalue weighted by Gasteiger charge is -2.01. The summed E-state index contributed by atoms with van der Waals surface area (Å²) < 4.78 is 9.87. The molecule has 0 saturated carbocycles. The Kier molecular flexibility index (Phi) is 2.99. The number of hydrogen-bond acceptors (Lipinski definition) is 4. The van der Waals surface area contributed by atoms with Crippen LogP contribution in [0.2, 0.25) is 0 Å². The standard InChI is InChI=1S/C5H7IN2OS/c1-3(9-2)4-7-5(6)8-10-4/h3H,1-2H3. The number of nitrogens with zero attached hydrogens (tertiary/aromatic N) is 2. The summed E-state index contributed by atoms with van der Waals surface area (Å²) in [6, 6.07) is 0. The first-order chi connectivity index (χ1) is 4.74. The van der Waals surface area contributed by atoms with Crippen LogP contribution in [0.25, 0.3) is 0 Å². The Morgan fingerprint density at radius 3 is 2.80 bits per heavy atom. The van der Waals surface area contributed by atoms with Gasteiger partial charge in [-0.1, -0.05) is 0 Å². The number of halogens is 1. The zero-order valence-electron chi connectivity index (χ0n) is 5.67. The minimum Gasteiger partial charge on any atom is -0.374 e. The first-order valence-electron chi connectivity index (χ1n) is 2.76. The zero-order valence-corrected chi connectivity index (χ0v) is 8.64. The maximum atomic E-state index is 5.05. The minimum atomic E-state index is 0.0704. The fourth-order valence-corrected chi connectivity index (χ4v) is 1.78. The molecule has 0 spiro atoms. The molecular weight excluding hydrogens is 263 g/mol. The lowest BCUT2D eigenvalue weighted by Crippen LogP contribution is -1.93. The summed E-state index contributed by atoms with van der Waals surface area (Å²) in [5.74, 6) is 0. The topological polar surface area (TPSA) is 35.0 Å². The van der Waals surface area contributed by atoms with Gasteiger partial charge in [-0.3, -0.25) is 0 Å². The van der Waals surface area contributed by atoms with E-state index in [1.54, 1.807) is 7.11 Å². The van der Waals surface area contributed by atoms with Gasteiger partial charge in [0.25, 0.3) is 0 Å². The fraction of sp³-hybridized carbons (Fsp3) is 0.600. The highest BCUT2D eigenvalue weighted by Crippen LogP contribution is 2.17. The van der Waals surface area contributed by atoms with Gasteiger partial charge in [-0.2, -0.15) is 4.37 Å². The van der Waals surface area contributed by atoms with E-state index in [9.17, 15) is 0 Å². The molecule has 0 amide bonds. The van der Waals surface area contributed by atoms with Crippen molar-refractivity contribution in [2.75, 3.05) is 7.11 Å². The van der Waals surface area contributed by atoms with Gasteiger partial charge in [0.15, 0.2) is 0 Å². The highest BCUT2D eigenvalue weighted by atomic mass is 127. The Morgan fingerprint density at radius 1 is 1.70 bits per heavy atom. The van der Waals surface area contributed by atoms with Crippen LogP contribution in [0.15, 0.2) is 0 Å². The van der Waals surface area contributed by atoms with Gasteiger partial charge in [-0.05, 0) is 18.5 Å². The van der Waals surface area contributed by atoms with Crippen molar-refractivity contribution in [3.05, 3.63) is 8.84 Å². The average Bonchev–Trinajstić information content (AvgIpc) is 2.34. The van der Waals surface area contributed by atoms with Crippen molar-refractivity contribution in [2.24, 2.45) is 0 Å². The summed E-state index contributed by atoms with van der Waals surface area (Å²) in [6.07, 6.45) is 0.0704. The van der Waals surface area contributed by atoms with Crippen LogP contribution in [-0.2, 0) is 4.74 Å². The van der Waals surface area contributed by atoms with E-state index >= 15 is 0 Å². The third kappa shape index (κ3) is 1.86. The van der Waals surface area contributed by atoms with Crippen LogP contribution in [0.3, 0.4) is 0 Å². The Morgan fingerprint density at radius 2 is 2.40 bits per heavy atom.